The third-order valence-electron chi connectivity index (χ3n) is 12.9. The molecular formula is C51H64F2N6O6S. The molecular weight excluding hydrogens is 863 g/mol. The van der Waals surface area contributed by atoms with Gasteiger partial charge in [-0.1, -0.05) is 88.6 Å². The van der Waals surface area contributed by atoms with Crippen molar-refractivity contribution in [3.05, 3.63) is 106 Å². The monoisotopic (exact) mass is 926 g/mol. The smallest absolute Gasteiger partial charge is 0.251 e. The SMILES string of the molecule is Cc1ncsc1-c1ccc(CNC(=O)[C@@H]2C[C@@H](O)CN2C(=O)[C@@H](NC(=O)COCCCCCCCOc2ccc([C@@H]3C4=C(C[C@@H](C)N3CC(F)F)c3ccccc3C4)nc2)C(C)(C)C)cc1. The number of nitrogens with zero attached hydrogens (tertiary/aromatic N) is 4. The molecule has 2 aliphatic heterocycles. The van der Waals surface area contributed by atoms with Crippen LogP contribution in [0.15, 0.2) is 77.9 Å². The van der Waals surface area contributed by atoms with E-state index in [4.69, 9.17) is 14.5 Å². The first-order valence-electron chi connectivity index (χ1n) is 23.2. The highest BCUT2D eigenvalue weighted by molar-refractivity contribution is 7.13. The summed E-state index contributed by atoms with van der Waals surface area (Å²) in [6, 6.07) is 17.8. The Balaban J connectivity index is 0.795. The Bertz CT molecular complexity index is 2320. The normalized spacial score (nSPS) is 20.0. The lowest BCUT2D eigenvalue weighted by Crippen LogP contribution is -2.58. The Morgan fingerprint density at radius 2 is 1.71 bits per heavy atom. The zero-order chi connectivity index (χ0) is 47.0. The molecule has 0 spiro atoms. The maximum Gasteiger partial charge on any atom is 0.251 e. The average molecular weight is 927 g/mol. The second-order valence-corrected chi connectivity index (χ2v) is 19.8. The Labute approximate surface area is 391 Å². The fraction of sp³-hybridized carbons (Fsp3) is 0.510. The van der Waals surface area contributed by atoms with Gasteiger partial charge in [-0.15, -0.1) is 11.3 Å². The van der Waals surface area contributed by atoms with Crippen molar-refractivity contribution < 1.29 is 37.7 Å². The summed E-state index contributed by atoms with van der Waals surface area (Å²) in [6.07, 6.45) is 4.44. The van der Waals surface area contributed by atoms with E-state index < -0.39 is 41.8 Å². The van der Waals surface area contributed by atoms with Gasteiger partial charge in [-0.25, -0.2) is 13.8 Å². The van der Waals surface area contributed by atoms with Crippen LogP contribution in [-0.2, 0) is 32.1 Å². The molecule has 2 aromatic carbocycles. The van der Waals surface area contributed by atoms with Crippen LogP contribution in [0.25, 0.3) is 16.0 Å². The fourth-order valence-electron chi connectivity index (χ4n) is 9.43. The predicted molar refractivity (Wildman–Crippen MR) is 252 cm³/mol. The van der Waals surface area contributed by atoms with Gasteiger partial charge in [-0.3, -0.25) is 24.3 Å². The van der Waals surface area contributed by atoms with Gasteiger partial charge >= 0.3 is 0 Å². The lowest BCUT2D eigenvalue weighted by molar-refractivity contribution is -0.144. The second-order valence-electron chi connectivity index (χ2n) is 18.9. The van der Waals surface area contributed by atoms with Gasteiger partial charge in [0.15, 0.2) is 0 Å². The molecule has 66 heavy (non-hydrogen) atoms. The van der Waals surface area contributed by atoms with Gasteiger partial charge in [0, 0.05) is 32.2 Å². The molecule has 4 aromatic rings. The quantitative estimate of drug-likeness (QED) is 0.0750. The lowest BCUT2D eigenvalue weighted by atomic mass is 9.85. The van der Waals surface area contributed by atoms with Crippen molar-refractivity contribution in [1.29, 1.82) is 0 Å². The Morgan fingerprint density at radius 1 is 0.970 bits per heavy atom. The number of halogens is 2. The van der Waals surface area contributed by atoms with Crippen LogP contribution in [0.1, 0.15) is 107 Å². The van der Waals surface area contributed by atoms with Gasteiger partial charge in [-0.05, 0) is 90.5 Å². The van der Waals surface area contributed by atoms with Crippen molar-refractivity contribution in [1.82, 2.24) is 30.4 Å². The summed E-state index contributed by atoms with van der Waals surface area (Å²) >= 11 is 1.57. The molecule has 1 fully saturated rings. The Kier molecular flexibility index (Phi) is 16.4. The third kappa shape index (κ3) is 12.1. The Hall–Kier alpha value is -5.09. The van der Waals surface area contributed by atoms with E-state index in [-0.39, 0.29) is 50.7 Å². The molecule has 1 saturated heterocycles. The van der Waals surface area contributed by atoms with Crippen LogP contribution in [0, 0.1) is 12.3 Å². The highest BCUT2D eigenvalue weighted by Gasteiger charge is 2.45. The van der Waals surface area contributed by atoms with E-state index in [1.807, 2.05) is 93.6 Å². The number of aliphatic hydroxyl groups is 1. The number of likely N-dealkylation sites (tertiary alicyclic amines) is 1. The summed E-state index contributed by atoms with van der Waals surface area (Å²) in [7, 11) is 0. The van der Waals surface area contributed by atoms with Crippen molar-refractivity contribution in [3.8, 4) is 16.2 Å². The van der Waals surface area contributed by atoms with E-state index in [1.54, 1.807) is 17.5 Å². The molecule has 3 N–H and O–H groups in total. The number of aliphatic hydroxyl groups excluding tert-OH is 1. The molecule has 0 saturated carbocycles. The first-order chi connectivity index (χ1) is 31.7. The number of ether oxygens (including phenoxy) is 2. The largest absolute Gasteiger partial charge is 0.492 e. The molecule has 1 aliphatic carbocycles. The highest BCUT2D eigenvalue weighted by Crippen LogP contribution is 2.48. The Morgan fingerprint density at radius 3 is 2.41 bits per heavy atom. The molecule has 3 amide bonds. The summed E-state index contributed by atoms with van der Waals surface area (Å²) < 4.78 is 39.3. The number of aryl methyl sites for hydroxylation is 1. The number of carbonyl (C=O) groups is 3. The van der Waals surface area contributed by atoms with Crippen molar-refractivity contribution in [3.63, 3.8) is 0 Å². The van der Waals surface area contributed by atoms with Crippen molar-refractivity contribution in [2.24, 2.45) is 5.41 Å². The molecule has 12 nitrogen and oxygen atoms in total. The van der Waals surface area contributed by atoms with E-state index in [0.29, 0.717) is 19.0 Å². The zero-order valence-electron chi connectivity index (χ0n) is 38.7. The number of thiazole rings is 1. The second kappa shape index (κ2) is 22.1. The number of benzene rings is 2. The van der Waals surface area contributed by atoms with E-state index in [2.05, 4.69) is 27.8 Å². The number of carbonyl (C=O) groups excluding carboxylic acids is 3. The topological polar surface area (TPSA) is 146 Å². The van der Waals surface area contributed by atoms with E-state index >= 15 is 0 Å². The summed E-state index contributed by atoms with van der Waals surface area (Å²) in [5.74, 6) is -0.561. The number of pyridine rings is 1. The summed E-state index contributed by atoms with van der Waals surface area (Å²) in [6.45, 7) is 10.2. The van der Waals surface area contributed by atoms with Crippen molar-refractivity contribution in [2.45, 2.75) is 129 Å². The molecule has 0 bridgehead atoms. The molecule has 5 atom stereocenters. The predicted octanol–water partition coefficient (Wildman–Crippen LogP) is 8.08. The number of fused-ring (bicyclic) bond motifs is 2. The van der Waals surface area contributed by atoms with Crippen LogP contribution < -0.4 is 15.4 Å². The first-order valence-corrected chi connectivity index (χ1v) is 24.1. The molecule has 0 radical (unpaired) electrons. The lowest BCUT2D eigenvalue weighted by Gasteiger charge is -2.41. The summed E-state index contributed by atoms with van der Waals surface area (Å²) in [4.78, 5) is 53.9. The average Bonchev–Trinajstić information content (AvgIpc) is 4.01. The number of alkyl halides is 2. The number of hydrogen-bond acceptors (Lipinski definition) is 10. The minimum absolute atomic E-state index is 0.00302. The van der Waals surface area contributed by atoms with E-state index in [0.717, 1.165) is 72.3 Å². The maximum absolute atomic E-state index is 14.0. The first kappa shape index (κ1) is 48.8. The number of rotatable bonds is 20. The van der Waals surface area contributed by atoms with Crippen LogP contribution in [0.5, 0.6) is 5.75 Å². The molecule has 7 rings (SSSR count). The summed E-state index contributed by atoms with van der Waals surface area (Å²) in [5.41, 5.74) is 9.71. The number of aromatic nitrogens is 2. The molecule has 354 valence electrons. The number of nitrogens with one attached hydrogen (secondary N) is 2. The van der Waals surface area contributed by atoms with Gasteiger partial charge in [0.05, 0.1) is 53.3 Å². The molecule has 2 aromatic heterocycles. The zero-order valence-corrected chi connectivity index (χ0v) is 39.5. The van der Waals surface area contributed by atoms with Gasteiger partial charge in [-0.2, -0.15) is 0 Å². The van der Waals surface area contributed by atoms with Crippen molar-refractivity contribution >= 4 is 34.6 Å². The fourth-order valence-corrected chi connectivity index (χ4v) is 10.2. The number of β-amino-alcohol motifs (C(OH)–C–C–N with tert-alkyl or cyclic N) is 1. The number of unbranched alkanes of at least 4 members (excludes halogenated alkanes) is 4. The van der Waals surface area contributed by atoms with Gasteiger partial charge < -0.3 is 30.1 Å². The minimum atomic E-state index is -2.44. The maximum atomic E-state index is 14.0. The number of hydrogen-bond donors (Lipinski definition) is 3. The standard InChI is InChI=1S/C51H64F2N6O6S/c1-32-23-40-39-14-10-9-13-36(39)24-41(40)46(58(32)29-44(52)53)42-20-19-38(27-54-42)65-22-12-8-6-7-11-21-64-30-45(61)57-48(51(3,4)5)50(63)59-28-37(60)25-43(59)49(62)55-26-34-15-17-35(18-16-34)47-33(2)56-31-66-47/h9-10,13-20,27,31-32,37,43-44,46,48,60H,6-8,11-12,21-26,28-30H2,1-5H3,(H,55,62)(H,57,61)/t32-,37-,43+,46+,48-/m1/s1. The van der Waals surface area contributed by atoms with Crippen LogP contribution in [0.4, 0.5) is 8.78 Å². The molecule has 0 unspecified atom stereocenters. The third-order valence-corrected chi connectivity index (χ3v) is 13.9. The van der Waals surface area contributed by atoms with E-state index in [9.17, 15) is 28.3 Å². The van der Waals surface area contributed by atoms with Crippen LogP contribution in [-0.4, -0.2) is 106 Å². The molecule has 4 heterocycles. The van der Waals surface area contributed by atoms with Gasteiger partial charge in [0.25, 0.3) is 6.43 Å². The molecule has 15 heteroatoms. The van der Waals surface area contributed by atoms with Crippen molar-refractivity contribution in [2.75, 3.05) is 32.9 Å². The van der Waals surface area contributed by atoms with Crippen LogP contribution >= 0.6 is 11.3 Å². The van der Waals surface area contributed by atoms with Gasteiger partial charge in [0.2, 0.25) is 17.7 Å². The van der Waals surface area contributed by atoms with Gasteiger partial charge in [0.1, 0.15) is 24.4 Å². The number of amides is 3. The van der Waals surface area contributed by atoms with Crippen LogP contribution in [0.2, 0.25) is 0 Å². The van der Waals surface area contributed by atoms with E-state index in [1.165, 1.54) is 27.2 Å². The van der Waals surface area contributed by atoms with Crippen LogP contribution in [0.3, 0.4) is 0 Å². The minimum Gasteiger partial charge on any atom is -0.492 e. The molecule has 3 aliphatic rings. The summed E-state index contributed by atoms with van der Waals surface area (Å²) in [5, 5.41) is 16.3. The highest BCUT2D eigenvalue weighted by atomic mass is 32.1.